The molecule has 1 aliphatic heterocycles. The van der Waals surface area contributed by atoms with E-state index in [-0.39, 0.29) is 0 Å². The molecule has 142 valence electrons. The van der Waals surface area contributed by atoms with Crippen molar-refractivity contribution < 1.29 is 0 Å². The largest absolute Gasteiger partial charge is 0.304 e. The Bertz CT molecular complexity index is 691. The Hall–Kier alpha value is -1.37. The molecule has 0 bridgehead atoms. The molecule has 1 saturated heterocycles. The Labute approximate surface area is 161 Å². The first-order valence-corrected chi connectivity index (χ1v) is 10.9. The number of rotatable bonds is 8. The van der Waals surface area contributed by atoms with E-state index in [1.54, 1.807) is 0 Å². The van der Waals surface area contributed by atoms with Crippen molar-refractivity contribution in [2.45, 2.75) is 26.3 Å². The highest BCUT2D eigenvalue weighted by atomic mass is 32.2. The van der Waals surface area contributed by atoms with Crippen LogP contribution in [-0.2, 0) is 19.4 Å². The molecule has 1 aliphatic rings. The highest BCUT2D eigenvalue weighted by Crippen LogP contribution is 2.11. The minimum Gasteiger partial charge on any atom is -0.304 e. The fourth-order valence-electron chi connectivity index (χ4n) is 3.35. The average Bonchev–Trinajstić information content (AvgIpc) is 3.01. The number of hydrogen-bond donors (Lipinski definition) is 0. The quantitative estimate of drug-likeness (QED) is 0.710. The molecule has 0 saturated carbocycles. The first-order valence-electron chi connectivity index (χ1n) is 9.52. The number of aromatic nitrogens is 3. The van der Waals surface area contributed by atoms with Gasteiger partial charge in [-0.1, -0.05) is 29.8 Å². The van der Waals surface area contributed by atoms with Crippen molar-refractivity contribution in [3.63, 3.8) is 0 Å². The number of thioether (sulfide) groups is 1. The van der Waals surface area contributed by atoms with Gasteiger partial charge >= 0.3 is 0 Å². The summed E-state index contributed by atoms with van der Waals surface area (Å²) < 4.78 is 2.13. The number of likely N-dealkylation sites (N-methyl/N-ethyl adjacent to an activating group) is 1. The van der Waals surface area contributed by atoms with Gasteiger partial charge in [-0.15, -0.1) is 0 Å². The van der Waals surface area contributed by atoms with Crippen molar-refractivity contribution >= 4 is 11.8 Å². The van der Waals surface area contributed by atoms with Gasteiger partial charge in [0.15, 0.2) is 5.82 Å². The summed E-state index contributed by atoms with van der Waals surface area (Å²) in [5.41, 5.74) is 2.59. The van der Waals surface area contributed by atoms with E-state index in [9.17, 15) is 0 Å². The zero-order valence-corrected chi connectivity index (χ0v) is 17.1. The summed E-state index contributed by atoms with van der Waals surface area (Å²) in [4.78, 5) is 9.82. The predicted molar refractivity (Wildman–Crippen MR) is 110 cm³/mol. The van der Waals surface area contributed by atoms with E-state index in [4.69, 9.17) is 10.1 Å². The third kappa shape index (κ3) is 5.56. The molecule has 2 aromatic rings. The molecule has 6 heteroatoms. The maximum atomic E-state index is 4.87. The number of aryl methyl sites for hydroxylation is 2. The van der Waals surface area contributed by atoms with Crippen LogP contribution >= 0.6 is 11.8 Å². The molecular formula is C20H31N5S. The van der Waals surface area contributed by atoms with Crippen LogP contribution in [0.15, 0.2) is 24.3 Å². The Morgan fingerprint density at radius 1 is 1.12 bits per heavy atom. The molecule has 0 atom stereocenters. The number of nitrogens with zero attached hydrogens (tertiary/aromatic N) is 5. The van der Waals surface area contributed by atoms with Crippen molar-refractivity contribution in [2.75, 3.05) is 51.8 Å². The summed E-state index contributed by atoms with van der Waals surface area (Å²) in [6.07, 6.45) is 4.06. The van der Waals surface area contributed by atoms with Crippen molar-refractivity contribution in [1.29, 1.82) is 0 Å². The maximum Gasteiger partial charge on any atom is 0.151 e. The number of piperazine rings is 1. The molecular weight excluding hydrogens is 342 g/mol. The smallest absolute Gasteiger partial charge is 0.151 e. The van der Waals surface area contributed by atoms with Crippen molar-refractivity contribution in [2.24, 2.45) is 0 Å². The summed E-state index contributed by atoms with van der Waals surface area (Å²) in [6.45, 7) is 8.66. The summed E-state index contributed by atoms with van der Waals surface area (Å²) in [6, 6.07) is 8.69. The molecule has 2 heterocycles. The molecule has 0 spiro atoms. The first-order chi connectivity index (χ1) is 12.6. The molecule has 0 unspecified atom stereocenters. The van der Waals surface area contributed by atoms with Crippen LogP contribution in [0.1, 0.15) is 22.8 Å². The third-order valence-electron chi connectivity index (χ3n) is 4.98. The Balaban J connectivity index is 1.68. The lowest BCUT2D eigenvalue weighted by molar-refractivity contribution is 0.154. The van der Waals surface area contributed by atoms with E-state index in [0.717, 1.165) is 69.5 Å². The van der Waals surface area contributed by atoms with Crippen LogP contribution in [0.25, 0.3) is 0 Å². The van der Waals surface area contributed by atoms with Crippen LogP contribution in [0.4, 0.5) is 0 Å². The van der Waals surface area contributed by atoms with Gasteiger partial charge in [0.25, 0.3) is 0 Å². The summed E-state index contributed by atoms with van der Waals surface area (Å²) >= 11 is 1.85. The van der Waals surface area contributed by atoms with Crippen LogP contribution < -0.4 is 0 Å². The molecule has 26 heavy (non-hydrogen) atoms. The number of hydrogen-bond acceptors (Lipinski definition) is 5. The van der Waals surface area contributed by atoms with Gasteiger partial charge in [-0.05, 0) is 25.8 Å². The Kier molecular flexibility index (Phi) is 7.11. The van der Waals surface area contributed by atoms with E-state index >= 15 is 0 Å². The van der Waals surface area contributed by atoms with Gasteiger partial charge in [0, 0.05) is 51.3 Å². The van der Waals surface area contributed by atoms with E-state index in [2.05, 4.69) is 59.0 Å². The summed E-state index contributed by atoms with van der Waals surface area (Å²) in [5.74, 6) is 3.19. The second-order valence-corrected chi connectivity index (χ2v) is 8.21. The van der Waals surface area contributed by atoms with Crippen molar-refractivity contribution in [3.05, 3.63) is 47.0 Å². The van der Waals surface area contributed by atoms with Gasteiger partial charge in [0.1, 0.15) is 5.82 Å². The second-order valence-electron chi connectivity index (χ2n) is 7.23. The van der Waals surface area contributed by atoms with Crippen LogP contribution in [0.5, 0.6) is 0 Å². The predicted octanol–water partition coefficient (Wildman–Crippen LogP) is 2.33. The third-order valence-corrected chi connectivity index (χ3v) is 5.60. The Morgan fingerprint density at radius 2 is 1.92 bits per heavy atom. The zero-order chi connectivity index (χ0) is 18.4. The van der Waals surface area contributed by atoms with Crippen molar-refractivity contribution in [1.82, 2.24) is 24.6 Å². The first kappa shape index (κ1) is 19.4. The Morgan fingerprint density at radius 3 is 2.65 bits per heavy atom. The molecule has 1 aromatic carbocycles. The highest BCUT2D eigenvalue weighted by molar-refractivity contribution is 7.98. The van der Waals surface area contributed by atoms with E-state index in [1.165, 1.54) is 11.1 Å². The maximum absolute atomic E-state index is 4.87. The number of benzene rings is 1. The monoisotopic (exact) mass is 373 g/mol. The average molecular weight is 374 g/mol. The minimum atomic E-state index is 0.812. The van der Waals surface area contributed by atoms with E-state index < -0.39 is 0 Å². The van der Waals surface area contributed by atoms with Gasteiger partial charge in [-0.25, -0.2) is 9.67 Å². The van der Waals surface area contributed by atoms with Gasteiger partial charge < -0.3 is 9.80 Å². The van der Waals surface area contributed by atoms with Gasteiger partial charge in [0.2, 0.25) is 0 Å². The molecule has 3 rings (SSSR count). The lowest BCUT2D eigenvalue weighted by Gasteiger charge is -2.32. The van der Waals surface area contributed by atoms with E-state index in [1.807, 2.05) is 11.8 Å². The topological polar surface area (TPSA) is 37.2 Å². The lowest BCUT2D eigenvalue weighted by Crippen LogP contribution is -2.45. The zero-order valence-electron chi connectivity index (χ0n) is 16.3. The fourth-order valence-corrected chi connectivity index (χ4v) is 3.74. The molecule has 0 aliphatic carbocycles. The van der Waals surface area contributed by atoms with Gasteiger partial charge in [0.05, 0.1) is 6.54 Å². The molecule has 1 fully saturated rings. The molecule has 5 nitrogen and oxygen atoms in total. The minimum absolute atomic E-state index is 0.812. The lowest BCUT2D eigenvalue weighted by atomic mass is 10.1. The SMILES string of the molecule is CSCCc1nc(CCN2CCN(C)CC2)n(Cc2cccc(C)c2)n1. The van der Waals surface area contributed by atoms with Gasteiger partial charge in [-0.2, -0.15) is 16.9 Å². The van der Waals surface area contributed by atoms with Crippen molar-refractivity contribution in [3.8, 4) is 0 Å². The van der Waals surface area contributed by atoms with Crippen LogP contribution in [-0.4, -0.2) is 76.3 Å². The van der Waals surface area contributed by atoms with Crippen LogP contribution in [0.3, 0.4) is 0 Å². The van der Waals surface area contributed by atoms with Crippen LogP contribution in [0.2, 0.25) is 0 Å². The molecule has 0 N–H and O–H groups in total. The normalized spacial score (nSPS) is 16.3. The van der Waals surface area contributed by atoms with Crippen LogP contribution in [0, 0.1) is 6.92 Å². The van der Waals surface area contributed by atoms with E-state index in [0.29, 0.717) is 0 Å². The molecule has 0 amide bonds. The second kappa shape index (κ2) is 9.53. The fraction of sp³-hybridized carbons (Fsp3) is 0.600. The standard InChI is InChI=1S/C20H31N5S/c1-17-5-4-6-18(15-17)16-25-20(21-19(22-25)8-14-26-3)7-9-24-12-10-23(2)11-13-24/h4-6,15H,7-14,16H2,1-3H3. The molecule has 0 radical (unpaired) electrons. The summed E-state index contributed by atoms with van der Waals surface area (Å²) in [5, 5.41) is 4.81. The summed E-state index contributed by atoms with van der Waals surface area (Å²) in [7, 11) is 2.20. The molecule has 1 aromatic heterocycles. The highest BCUT2D eigenvalue weighted by Gasteiger charge is 2.16. The van der Waals surface area contributed by atoms with Gasteiger partial charge in [-0.3, -0.25) is 0 Å².